The summed E-state index contributed by atoms with van der Waals surface area (Å²) in [6.45, 7) is 4.47. The molecule has 2 aromatic heterocycles. The molecule has 6 nitrogen and oxygen atoms in total. The molecule has 0 radical (unpaired) electrons. The van der Waals surface area contributed by atoms with E-state index in [1.807, 2.05) is 32.0 Å². The molecule has 0 saturated carbocycles. The minimum Gasteiger partial charge on any atom is -0.356 e. The van der Waals surface area contributed by atoms with Crippen LogP contribution in [0.2, 0.25) is 0 Å². The summed E-state index contributed by atoms with van der Waals surface area (Å²) in [5, 5.41) is 5.69. The standard InChI is InChI=1S/C19H22N4O2/c1-13-16(14(2)23-17(21-13)12-19(25)22-23)8-9-18(24)20-11-10-15-6-4-3-5-7-15/h3-7,12H,8-11H2,1-2H3,(H,20,24)(H,22,25). The molecule has 2 N–H and O–H groups in total. The van der Waals surface area contributed by atoms with E-state index in [1.54, 1.807) is 4.52 Å². The van der Waals surface area contributed by atoms with Crippen molar-refractivity contribution in [2.24, 2.45) is 0 Å². The van der Waals surface area contributed by atoms with E-state index in [0.717, 1.165) is 23.4 Å². The molecule has 0 spiro atoms. The van der Waals surface area contributed by atoms with Crippen molar-refractivity contribution < 1.29 is 4.79 Å². The predicted octanol–water partition coefficient (Wildman–Crippen LogP) is 1.93. The van der Waals surface area contributed by atoms with Crippen LogP contribution < -0.4 is 10.9 Å². The van der Waals surface area contributed by atoms with Crippen LogP contribution in [0, 0.1) is 13.8 Å². The number of benzene rings is 1. The Morgan fingerprint density at radius 2 is 1.96 bits per heavy atom. The van der Waals surface area contributed by atoms with Crippen LogP contribution in [0.25, 0.3) is 5.65 Å². The fourth-order valence-electron chi connectivity index (χ4n) is 3.04. The molecule has 0 aliphatic heterocycles. The lowest BCUT2D eigenvalue weighted by Crippen LogP contribution is -2.26. The fraction of sp³-hybridized carbons (Fsp3) is 0.316. The number of amides is 1. The Balaban J connectivity index is 1.58. The van der Waals surface area contributed by atoms with Crippen LogP contribution in [0.15, 0.2) is 41.2 Å². The van der Waals surface area contributed by atoms with E-state index in [2.05, 4.69) is 27.5 Å². The Morgan fingerprint density at radius 3 is 2.72 bits per heavy atom. The highest BCUT2D eigenvalue weighted by Gasteiger charge is 2.12. The van der Waals surface area contributed by atoms with Gasteiger partial charge in [-0.1, -0.05) is 30.3 Å². The summed E-state index contributed by atoms with van der Waals surface area (Å²) in [5.41, 5.74) is 4.41. The van der Waals surface area contributed by atoms with E-state index >= 15 is 0 Å². The zero-order valence-electron chi connectivity index (χ0n) is 14.5. The van der Waals surface area contributed by atoms with Crippen LogP contribution in [-0.4, -0.2) is 27.0 Å². The molecule has 0 aliphatic carbocycles. The first-order chi connectivity index (χ1) is 12.0. The third kappa shape index (κ3) is 3.96. The summed E-state index contributed by atoms with van der Waals surface area (Å²) in [6.07, 6.45) is 1.82. The molecule has 1 aromatic carbocycles. The lowest BCUT2D eigenvalue weighted by Gasteiger charge is -2.11. The van der Waals surface area contributed by atoms with Crippen molar-refractivity contribution >= 4 is 11.6 Å². The van der Waals surface area contributed by atoms with E-state index in [-0.39, 0.29) is 11.5 Å². The molecule has 25 heavy (non-hydrogen) atoms. The van der Waals surface area contributed by atoms with Gasteiger partial charge in [0.15, 0.2) is 5.65 Å². The number of aromatic nitrogens is 3. The number of fused-ring (bicyclic) bond motifs is 1. The maximum absolute atomic E-state index is 12.1. The lowest BCUT2D eigenvalue weighted by molar-refractivity contribution is -0.121. The van der Waals surface area contributed by atoms with Gasteiger partial charge in [-0.05, 0) is 37.8 Å². The monoisotopic (exact) mass is 338 g/mol. The molecule has 2 heterocycles. The summed E-state index contributed by atoms with van der Waals surface area (Å²) in [4.78, 5) is 28.0. The van der Waals surface area contributed by atoms with Gasteiger partial charge in [0.05, 0.1) is 0 Å². The van der Waals surface area contributed by atoms with Crippen molar-refractivity contribution in [3.05, 3.63) is 69.3 Å². The molecule has 0 saturated heterocycles. The van der Waals surface area contributed by atoms with Gasteiger partial charge in [-0.2, -0.15) is 0 Å². The average Bonchev–Trinajstić information content (AvgIpc) is 2.96. The first kappa shape index (κ1) is 17.0. The van der Waals surface area contributed by atoms with Crippen LogP contribution in [-0.2, 0) is 17.6 Å². The van der Waals surface area contributed by atoms with Crippen molar-refractivity contribution in [3.8, 4) is 0 Å². The molecule has 1 amide bonds. The molecular formula is C19H22N4O2. The molecule has 130 valence electrons. The third-order valence-corrected chi connectivity index (χ3v) is 4.38. The molecule has 3 rings (SSSR count). The summed E-state index contributed by atoms with van der Waals surface area (Å²) in [7, 11) is 0. The normalized spacial score (nSPS) is 11.0. The van der Waals surface area contributed by atoms with Gasteiger partial charge >= 0.3 is 0 Å². The number of carbonyl (C=O) groups is 1. The van der Waals surface area contributed by atoms with Crippen LogP contribution >= 0.6 is 0 Å². The van der Waals surface area contributed by atoms with Crippen LogP contribution in [0.5, 0.6) is 0 Å². The summed E-state index contributed by atoms with van der Waals surface area (Å²) < 4.78 is 1.68. The summed E-state index contributed by atoms with van der Waals surface area (Å²) in [6, 6.07) is 11.6. The predicted molar refractivity (Wildman–Crippen MR) is 96.8 cm³/mol. The SMILES string of the molecule is Cc1nc2cc(=O)[nH]n2c(C)c1CCC(=O)NCCc1ccccc1. The molecule has 0 bridgehead atoms. The van der Waals surface area contributed by atoms with Gasteiger partial charge in [0.1, 0.15) is 0 Å². The Bertz CT molecular complexity index is 941. The summed E-state index contributed by atoms with van der Waals surface area (Å²) in [5.74, 6) is 0.0239. The smallest absolute Gasteiger partial charge is 0.266 e. The van der Waals surface area contributed by atoms with Gasteiger partial charge in [0, 0.05) is 30.4 Å². The molecule has 6 heteroatoms. The van der Waals surface area contributed by atoms with Gasteiger partial charge < -0.3 is 5.32 Å². The number of aromatic amines is 1. The van der Waals surface area contributed by atoms with E-state index in [9.17, 15) is 9.59 Å². The van der Waals surface area contributed by atoms with E-state index in [4.69, 9.17) is 0 Å². The number of H-pyrrole nitrogens is 1. The molecule has 0 atom stereocenters. The Kier molecular flexibility index (Phi) is 4.97. The van der Waals surface area contributed by atoms with E-state index in [1.165, 1.54) is 11.6 Å². The van der Waals surface area contributed by atoms with Crippen LogP contribution in [0.1, 0.15) is 28.9 Å². The Hall–Kier alpha value is -2.89. The van der Waals surface area contributed by atoms with Crippen molar-refractivity contribution in [1.29, 1.82) is 0 Å². The number of carbonyl (C=O) groups excluding carboxylic acids is 1. The summed E-state index contributed by atoms with van der Waals surface area (Å²) >= 11 is 0. The van der Waals surface area contributed by atoms with Gasteiger partial charge in [-0.15, -0.1) is 0 Å². The zero-order valence-corrected chi connectivity index (χ0v) is 14.5. The van der Waals surface area contributed by atoms with Gasteiger partial charge in [0.25, 0.3) is 5.56 Å². The number of aryl methyl sites for hydroxylation is 2. The number of nitrogens with one attached hydrogen (secondary N) is 2. The van der Waals surface area contributed by atoms with E-state index < -0.39 is 0 Å². The van der Waals surface area contributed by atoms with Crippen molar-refractivity contribution in [2.45, 2.75) is 33.1 Å². The number of nitrogens with zero attached hydrogens (tertiary/aromatic N) is 2. The number of rotatable bonds is 6. The van der Waals surface area contributed by atoms with Crippen LogP contribution in [0.3, 0.4) is 0 Å². The van der Waals surface area contributed by atoms with Crippen LogP contribution in [0.4, 0.5) is 0 Å². The second-order valence-electron chi connectivity index (χ2n) is 6.16. The van der Waals surface area contributed by atoms with Gasteiger partial charge in [0.2, 0.25) is 5.91 Å². The largest absolute Gasteiger partial charge is 0.356 e. The highest BCUT2D eigenvalue weighted by atomic mass is 16.1. The quantitative estimate of drug-likeness (QED) is 0.721. The maximum atomic E-state index is 12.1. The molecule has 3 aromatic rings. The number of hydrogen-bond donors (Lipinski definition) is 2. The Morgan fingerprint density at radius 1 is 1.20 bits per heavy atom. The minimum absolute atomic E-state index is 0.0239. The lowest BCUT2D eigenvalue weighted by atomic mass is 10.1. The van der Waals surface area contributed by atoms with Crippen molar-refractivity contribution in [3.63, 3.8) is 0 Å². The molecule has 0 unspecified atom stereocenters. The maximum Gasteiger partial charge on any atom is 0.266 e. The molecule has 0 fully saturated rings. The minimum atomic E-state index is -0.175. The average molecular weight is 338 g/mol. The highest BCUT2D eigenvalue weighted by Crippen LogP contribution is 2.15. The first-order valence-electron chi connectivity index (χ1n) is 8.43. The second-order valence-corrected chi connectivity index (χ2v) is 6.16. The van der Waals surface area contributed by atoms with Crippen molar-refractivity contribution in [2.75, 3.05) is 6.54 Å². The Labute approximate surface area is 145 Å². The van der Waals surface area contributed by atoms with Gasteiger partial charge in [-0.25, -0.2) is 9.50 Å². The third-order valence-electron chi connectivity index (χ3n) is 4.38. The van der Waals surface area contributed by atoms with Gasteiger partial charge in [-0.3, -0.25) is 14.7 Å². The van der Waals surface area contributed by atoms with Crippen molar-refractivity contribution in [1.82, 2.24) is 19.9 Å². The second kappa shape index (κ2) is 7.34. The topological polar surface area (TPSA) is 79.3 Å². The fourth-order valence-corrected chi connectivity index (χ4v) is 3.04. The first-order valence-corrected chi connectivity index (χ1v) is 8.43. The molecular weight excluding hydrogens is 316 g/mol. The highest BCUT2D eigenvalue weighted by molar-refractivity contribution is 5.76. The molecule has 0 aliphatic rings. The van der Waals surface area contributed by atoms with E-state index in [0.29, 0.717) is 25.0 Å². The number of hydrogen-bond acceptors (Lipinski definition) is 3. The zero-order chi connectivity index (χ0) is 17.8.